The molecule has 1 unspecified atom stereocenters. The zero-order chi connectivity index (χ0) is 19.8. The molecule has 3 N–H and O–H groups in total. The number of carboxylic acids is 1. The normalized spacial score (nSPS) is 30.0. The molecule has 0 aromatic rings. The van der Waals surface area contributed by atoms with Crippen LogP contribution in [0, 0.1) is 23.7 Å². The largest absolute Gasteiger partial charge is 0.481 e. The lowest BCUT2D eigenvalue weighted by Gasteiger charge is -2.20. The minimum atomic E-state index is -0.771. The number of aliphatic hydroxyl groups is 2. The van der Waals surface area contributed by atoms with Gasteiger partial charge in [0.2, 0.25) is 0 Å². The van der Waals surface area contributed by atoms with Crippen molar-refractivity contribution in [1.29, 1.82) is 0 Å². The maximum Gasteiger partial charge on any atom is 0.303 e. The lowest BCUT2D eigenvalue weighted by atomic mass is 9.88. The quantitative estimate of drug-likeness (QED) is 0.367. The smallest absolute Gasteiger partial charge is 0.303 e. The van der Waals surface area contributed by atoms with Crippen molar-refractivity contribution in [2.45, 2.75) is 77.4 Å². The number of hydrogen-bond donors (Lipinski definition) is 3. The third-order valence-electron chi connectivity index (χ3n) is 6.14. The van der Waals surface area contributed by atoms with Crippen molar-refractivity contribution in [3.63, 3.8) is 0 Å². The Morgan fingerprint density at radius 3 is 2.85 bits per heavy atom. The van der Waals surface area contributed by atoms with Crippen LogP contribution in [0.2, 0.25) is 0 Å². The Bertz CT molecular complexity index is 563. The summed E-state index contributed by atoms with van der Waals surface area (Å²) in [6, 6.07) is 0. The number of allylic oxidation sites excluding steroid dienone is 4. The third-order valence-corrected chi connectivity index (χ3v) is 6.14. The van der Waals surface area contributed by atoms with E-state index in [-0.39, 0.29) is 24.4 Å². The van der Waals surface area contributed by atoms with Gasteiger partial charge in [0.1, 0.15) is 0 Å². The standard InChI is InChI=1S/C23H36O4/c1-3-4-5-8-16(2)21(24)12-11-19-20-14-17(9-6-7-10-23(26)27)13-18(20)15-22(19)25/h6,9,11-13,16,18-22,24-25H,3-5,7-8,10,14-15H2,1-2H3,(H,26,27)/b9-6?,12-11-/t16?,18-,19-,20-,21+,22+/m0/s1. The highest BCUT2D eigenvalue weighted by molar-refractivity contribution is 5.66. The molecule has 0 heterocycles. The number of aliphatic hydroxyl groups excluding tert-OH is 2. The molecular formula is C23H36O4. The van der Waals surface area contributed by atoms with Crippen LogP contribution in [0.3, 0.4) is 0 Å². The lowest BCUT2D eigenvalue weighted by Crippen LogP contribution is -2.19. The average Bonchev–Trinajstić information content (AvgIpc) is 3.13. The second-order valence-corrected chi connectivity index (χ2v) is 8.34. The Morgan fingerprint density at radius 2 is 2.15 bits per heavy atom. The first-order valence-electron chi connectivity index (χ1n) is 10.6. The maximum absolute atomic E-state index is 10.6. The molecule has 0 aromatic heterocycles. The van der Waals surface area contributed by atoms with Gasteiger partial charge >= 0.3 is 5.97 Å². The van der Waals surface area contributed by atoms with Crippen molar-refractivity contribution in [2.24, 2.45) is 23.7 Å². The maximum atomic E-state index is 10.6. The SMILES string of the molecule is CCCCCC(C)[C@H](O)/C=C\[C@H]1[C@H]2CC(C=CCCC(=O)O)=C[C@H]2C[C@H]1O. The van der Waals surface area contributed by atoms with Crippen LogP contribution in [0.25, 0.3) is 0 Å². The van der Waals surface area contributed by atoms with Crippen LogP contribution in [0.5, 0.6) is 0 Å². The monoisotopic (exact) mass is 376 g/mol. The van der Waals surface area contributed by atoms with Gasteiger partial charge in [-0.3, -0.25) is 4.79 Å². The molecule has 152 valence electrons. The molecule has 1 fully saturated rings. The molecule has 0 bridgehead atoms. The van der Waals surface area contributed by atoms with E-state index in [1.165, 1.54) is 18.4 Å². The van der Waals surface area contributed by atoms with Crippen LogP contribution in [0.15, 0.2) is 36.0 Å². The Morgan fingerprint density at radius 1 is 1.37 bits per heavy atom. The molecule has 0 spiro atoms. The van der Waals surface area contributed by atoms with E-state index in [4.69, 9.17) is 5.11 Å². The van der Waals surface area contributed by atoms with E-state index in [2.05, 4.69) is 19.9 Å². The molecule has 0 aromatic carbocycles. The summed E-state index contributed by atoms with van der Waals surface area (Å²) < 4.78 is 0. The van der Waals surface area contributed by atoms with Crippen molar-refractivity contribution >= 4 is 5.97 Å². The zero-order valence-electron chi connectivity index (χ0n) is 16.8. The van der Waals surface area contributed by atoms with Crippen LogP contribution < -0.4 is 0 Å². The predicted octanol–water partition coefficient (Wildman–Crippen LogP) is 4.48. The molecule has 2 aliphatic carbocycles. The first kappa shape index (κ1) is 21.9. The van der Waals surface area contributed by atoms with E-state index in [0.29, 0.717) is 18.3 Å². The van der Waals surface area contributed by atoms with Crippen molar-refractivity contribution < 1.29 is 20.1 Å². The summed E-state index contributed by atoms with van der Waals surface area (Å²) in [5, 5.41) is 29.5. The highest BCUT2D eigenvalue weighted by atomic mass is 16.4. The molecule has 2 aliphatic rings. The zero-order valence-corrected chi connectivity index (χ0v) is 16.8. The molecule has 1 saturated carbocycles. The van der Waals surface area contributed by atoms with Gasteiger partial charge in [-0.1, -0.05) is 69.1 Å². The van der Waals surface area contributed by atoms with Crippen molar-refractivity contribution in [2.75, 3.05) is 0 Å². The lowest BCUT2D eigenvalue weighted by molar-refractivity contribution is -0.136. The first-order valence-corrected chi connectivity index (χ1v) is 10.6. The van der Waals surface area contributed by atoms with Gasteiger partial charge in [-0.05, 0) is 43.4 Å². The molecule has 0 aliphatic heterocycles. The summed E-state index contributed by atoms with van der Waals surface area (Å²) in [7, 11) is 0. The highest BCUT2D eigenvalue weighted by Crippen LogP contribution is 2.47. The topological polar surface area (TPSA) is 77.8 Å². The summed E-state index contributed by atoms with van der Waals surface area (Å²) >= 11 is 0. The van der Waals surface area contributed by atoms with Crippen molar-refractivity contribution in [1.82, 2.24) is 0 Å². The molecule has 6 atom stereocenters. The molecule has 2 rings (SSSR count). The number of unbranched alkanes of at least 4 members (excludes halogenated alkanes) is 2. The molecule has 4 nitrogen and oxygen atoms in total. The summed E-state index contributed by atoms with van der Waals surface area (Å²) in [5.74, 6) is 0.337. The number of aliphatic carboxylic acids is 1. The van der Waals surface area contributed by atoms with Gasteiger partial charge in [-0.2, -0.15) is 0 Å². The number of carbonyl (C=O) groups is 1. The van der Waals surface area contributed by atoms with E-state index in [0.717, 1.165) is 25.7 Å². The van der Waals surface area contributed by atoms with E-state index in [1.54, 1.807) is 0 Å². The molecule has 27 heavy (non-hydrogen) atoms. The van der Waals surface area contributed by atoms with Crippen LogP contribution >= 0.6 is 0 Å². The molecule has 0 amide bonds. The van der Waals surface area contributed by atoms with Gasteiger partial charge in [0.15, 0.2) is 0 Å². The van der Waals surface area contributed by atoms with Gasteiger partial charge in [0.05, 0.1) is 12.2 Å². The van der Waals surface area contributed by atoms with Crippen LogP contribution in [0.1, 0.15) is 65.2 Å². The van der Waals surface area contributed by atoms with Crippen LogP contribution in [-0.4, -0.2) is 33.5 Å². The fraction of sp³-hybridized carbons (Fsp3) is 0.696. The Labute approximate surface area is 163 Å². The molecule has 4 heteroatoms. The predicted molar refractivity (Wildman–Crippen MR) is 108 cm³/mol. The third kappa shape index (κ3) is 6.62. The van der Waals surface area contributed by atoms with Gasteiger partial charge in [-0.25, -0.2) is 0 Å². The van der Waals surface area contributed by atoms with Gasteiger partial charge in [0.25, 0.3) is 0 Å². The molecule has 0 saturated heterocycles. The number of rotatable bonds is 11. The molecular weight excluding hydrogens is 340 g/mol. The summed E-state index contributed by atoms with van der Waals surface area (Å²) in [5.41, 5.74) is 1.24. The Balaban J connectivity index is 1.86. The van der Waals surface area contributed by atoms with E-state index in [1.807, 2.05) is 24.3 Å². The van der Waals surface area contributed by atoms with E-state index in [9.17, 15) is 15.0 Å². The minimum Gasteiger partial charge on any atom is -0.481 e. The fourth-order valence-electron chi connectivity index (χ4n) is 4.43. The summed E-state index contributed by atoms with van der Waals surface area (Å²) in [4.78, 5) is 10.6. The van der Waals surface area contributed by atoms with Crippen molar-refractivity contribution in [3.05, 3.63) is 36.0 Å². The summed E-state index contributed by atoms with van der Waals surface area (Å²) in [6.45, 7) is 4.28. The number of carboxylic acid groups (broad SMARTS) is 1. The van der Waals surface area contributed by atoms with Gasteiger partial charge in [-0.15, -0.1) is 0 Å². The van der Waals surface area contributed by atoms with Crippen molar-refractivity contribution in [3.8, 4) is 0 Å². The Hall–Kier alpha value is -1.39. The average molecular weight is 377 g/mol. The first-order chi connectivity index (χ1) is 12.9. The minimum absolute atomic E-state index is 0.0914. The fourth-order valence-corrected chi connectivity index (χ4v) is 4.43. The van der Waals surface area contributed by atoms with Gasteiger partial charge in [0, 0.05) is 12.3 Å². The second kappa shape index (κ2) is 10.8. The highest BCUT2D eigenvalue weighted by Gasteiger charge is 2.43. The Kier molecular flexibility index (Phi) is 8.78. The van der Waals surface area contributed by atoms with Gasteiger partial charge < -0.3 is 15.3 Å². The summed E-state index contributed by atoms with van der Waals surface area (Å²) in [6.07, 6.45) is 16.4. The van der Waals surface area contributed by atoms with Crippen LogP contribution in [0.4, 0.5) is 0 Å². The second-order valence-electron chi connectivity index (χ2n) is 8.34. The van der Waals surface area contributed by atoms with E-state index < -0.39 is 12.1 Å². The van der Waals surface area contributed by atoms with Crippen LogP contribution in [-0.2, 0) is 4.79 Å². The van der Waals surface area contributed by atoms with E-state index >= 15 is 0 Å². The molecule has 0 radical (unpaired) electrons. The number of fused-ring (bicyclic) bond motifs is 1. The number of hydrogen-bond acceptors (Lipinski definition) is 3.